The van der Waals surface area contributed by atoms with Gasteiger partial charge in [-0.3, -0.25) is 9.69 Å². The molecule has 3 nitrogen and oxygen atoms in total. The van der Waals surface area contributed by atoms with Crippen molar-refractivity contribution >= 4 is 5.97 Å². The van der Waals surface area contributed by atoms with E-state index in [0.717, 1.165) is 29.7 Å². The Kier molecular flexibility index (Phi) is 5.19. The minimum atomic E-state index is -0.766. The SMILES string of the molecule is Cc1cc(C)cc(C(c2ccccc2F)N2CCCC(C(=O)O)C2)c1. The molecule has 1 N–H and O–H groups in total. The number of nitrogens with zero attached hydrogens (tertiary/aromatic N) is 1. The zero-order valence-electron chi connectivity index (χ0n) is 14.7. The number of carbonyl (C=O) groups is 1. The van der Waals surface area contributed by atoms with Crippen molar-refractivity contribution in [1.29, 1.82) is 0 Å². The minimum absolute atomic E-state index is 0.246. The van der Waals surface area contributed by atoms with Crippen molar-refractivity contribution in [3.63, 3.8) is 0 Å². The molecule has 1 aliphatic rings. The van der Waals surface area contributed by atoms with Crippen molar-refractivity contribution in [2.45, 2.75) is 32.7 Å². The number of benzene rings is 2. The molecule has 1 heterocycles. The van der Waals surface area contributed by atoms with E-state index in [1.807, 2.05) is 26.0 Å². The molecule has 2 unspecified atom stereocenters. The Bertz CT molecular complexity index is 754. The Morgan fingerprint density at radius 2 is 1.88 bits per heavy atom. The van der Waals surface area contributed by atoms with Gasteiger partial charge in [-0.25, -0.2) is 4.39 Å². The van der Waals surface area contributed by atoms with Crippen LogP contribution in [0, 0.1) is 25.6 Å². The van der Waals surface area contributed by atoms with Crippen LogP contribution in [0.1, 0.15) is 41.1 Å². The molecule has 0 amide bonds. The largest absolute Gasteiger partial charge is 0.481 e. The zero-order chi connectivity index (χ0) is 18.0. The van der Waals surface area contributed by atoms with Crippen LogP contribution in [0.25, 0.3) is 0 Å². The van der Waals surface area contributed by atoms with Crippen LogP contribution in [-0.4, -0.2) is 29.1 Å². The first-order chi connectivity index (χ1) is 12.0. The summed E-state index contributed by atoms with van der Waals surface area (Å²) in [4.78, 5) is 13.6. The number of hydrogen-bond acceptors (Lipinski definition) is 2. The number of carboxylic acid groups (broad SMARTS) is 1. The lowest BCUT2D eigenvalue weighted by Gasteiger charge is -2.38. The van der Waals surface area contributed by atoms with Gasteiger partial charge in [0.2, 0.25) is 0 Å². The summed E-state index contributed by atoms with van der Waals surface area (Å²) in [5.74, 6) is -1.41. The van der Waals surface area contributed by atoms with Gasteiger partial charge in [-0.15, -0.1) is 0 Å². The average Bonchev–Trinajstić information content (AvgIpc) is 2.56. The molecule has 0 aromatic heterocycles. The molecule has 1 fully saturated rings. The third-order valence-corrected chi connectivity index (χ3v) is 4.93. The van der Waals surface area contributed by atoms with Gasteiger partial charge in [0.25, 0.3) is 0 Å². The molecule has 25 heavy (non-hydrogen) atoms. The molecule has 1 saturated heterocycles. The van der Waals surface area contributed by atoms with Crippen molar-refractivity contribution < 1.29 is 14.3 Å². The average molecular weight is 341 g/mol. The van der Waals surface area contributed by atoms with E-state index in [1.54, 1.807) is 6.07 Å². The smallest absolute Gasteiger partial charge is 0.307 e. The molecule has 0 radical (unpaired) electrons. The maximum Gasteiger partial charge on any atom is 0.307 e. The van der Waals surface area contributed by atoms with E-state index in [4.69, 9.17) is 0 Å². The predicted octanol–water partition coefficient (Wildman–Crippen LogP) is 4.33. The first-order valence-electron chi connectivity index (χ1n) is 8.75. The van der Waals surface area contributed by atoms with Crippen molar-refractivity contribution in [2.24, 2.45) is 5.92 Å². The maximum atomic E-state index is 14.6. The number of likely N-dealkylation sites (tertiary alicyclic amines) is 1. The standard InChI is InChI=1S/C21H24FNO2/c1-14-10-15(2)12-17(11-14)20(18-7-3-4-8-19(18)22)23-9-5-6-16(13-23)21(24)25/h3-4,7-8,10-12,16,20H,5-6,9,13H2,1-2H3,(H,24,25). The Morgan fingerprint density at radius 3 is 2.52 bits per heavy atom. The normalized spacial score (nSPS) is 19.6. The quantitative estimate of drug-likeness (QED) is 0.900. The molecule has 4 heteroatoms. The van der Waals surface area contributed by atoms with E-state index in [9.17, 15) is 14.3 Å². The topological polar surface area (TPSA) is 40.5 Å². The first-order valence-corrected chi connectivity index (χ1v) is 8.75. The maximum absolute atomic E-state index is 14.6. The number of aryl methyl sites for hydroxylation is 2. The molecule has 0 saturated carbocycles. The minimum Gasteiger partial charge on any atom is -0.481 e. The van der Waals surface area contributed by atoms with Gasteiger partial charge in [0.05, 0.1) is 12.0 Å². The van der Waals surface area contributed by atoms with Crippen LogP contribution >= 0.6 is 0 Å². The second kappa shape index (κ2) is 7.36. The number of hydrogen-bond donors (Lipinski definition) is 1. The lowest BCUT2D eigenvalue weighted by Crippen LogP contribution is -2.41. The van der Waals surface area contributed by atoms with Gasteiger partial charge in [0.15, 0.2) is 0 Å². The predicted molar refractivity (Wildman–Crippen MR) is 96.1 cm³/mol. The molecule has 0 aliphatic carbocycles. The molecule has 2 aromatic carbocycles. The summed E-state index contributed by atoms with van der Waals surface area (Å²) >= 11 is 0. The second-order valence-corrected chi connectivity index (χ2v) is 7.02. The van der Waals surface area contributed by atoms with E-state index in [2.05, 4.69) is 23.1 Å². The van der Waals surface area contributed by atoms with E-state index >= 15 is 0 Å². The molecule has 0 spiro atoms. The third-order valence-electron chi connectivity index (χ3n) is 4.93. The van der Waals surface area contributed by atoms with E-state index in [-0.39, 0.29) is 11.9 Å². The van der Waals surface area contributed by atoms with E-state index in [1.165, 1.54) is 6.07 Å². The van der Waals surface area contributed by atoms with Gasteiger partial charge in [-0.05, 0) is 44.9 Å². The summed E-state index contributed by atoms with van der Waals surface area (Å²) in [6.45, 7) is 5.29. The van der Waals surface area contributed by atoms with Crippen LogP contribution in [0.3, 0.4) is 0 Å². The zero-order valence-corrected chi connectivity index (χ0v) is 14.7. The number of aliphatic carboxylic acids is 1. The van der Waals surface area contributed by atoms with Crippen LogP contribution < -0.4 is 0 Å². The van der Waals surface area contributed by atoms with Crippen LogP contribution in [0.4, 0.5) is 4.39 Å². The van der Waals surface area contributed by atoms with Crippen molar-refractivity contribution in [3.05, 3.63) is 70.5 Å². The molecule has 2 atom stereocenters. The van der Waals surface area contributed by atoms with Gasteiger partial charge >= 0.3 is 5.97 Å². The van der Waals surface area contributed by atoms with Crippen LogP contribution in [0.2, 0.25) is 0 Å². The number of piperidine rings is 1. The summed E-state index contributed by atoms with van der Waals surface area (Å²) in [6.07, 6.45) is 1.50. The highest BCUT2D eigenvalue weighted by atomic mass is 19.1. The summed E-state index contributed by atoms with van der Waals surface area (Å²) in [6, 6.07) is 12.8. The number of halogens is 1. The Labute approximate surface area is 148 Å². The van der Waals surface area contributed by atoms with Gasteiger partial charge in [-0.1, -0.05) is 47.5 Å². The summed E-state index contributed by atoms with van der Waals surface area (Å²) in [5.41, 5.74) is 3.89. The second-order valence-electron chi connectivity index (χ2n) is 7.02. The molecular weight excluding hydrogens is 317 g/mol. The summed E-state index contributed by atoms with van der Waals surface area (Å²) < 4.78 is 14.6. The third kappa shape index (κ3) is 3.90. The lowest BCUT2D eigenvalue weighted by atomic mass is 9.90. The lowest BCUT2D eigenvalue weighted by molar-refractivity contribution is -0.143. The highest BCUT2D eigenvalue weighted by Crippen LogP contribution is 2.34. The first kappa shape index (κ1) is 17.6. The van der Waals surface area contributed by atoms with Crippen molar-refractivity contribution in [3.8, 4) is 0 Å². The summed E-state index contributed by atoms with van der Waals surface area (Å²) in [7, 11) is 0. The summed E-state index contributed by atoms with van der Waals surface area (Å²) in [5, 5.41) is 9.42. The van der Waals surface area contributed by atoms with Crippen LogP contribution in [0.15, 0.2) is 42.5 Å². The van der Waals surface area contributed by atoms with Gasteiger partial charge in [0, 0.05) is 12.1 Å². The monoisotopic (exact) mass is 341 g/mol. The number of carboxylic acids is 1. The Hall–Kier alpha value is -2.20. The van der Waals surface area contributed by atoms with Crippen LogP contribution in [-0.2, 0) is 4.79 Å². The fourth-order valence-corrected chi connectivity index (χ4v) is 3.89. The van der Waals surface area contributed by atoms with Crippen molar-refractivity contribution in [1.82, 2.24) is 4.90 Å². The fourth-order valence-electron chi connectivity index (χ4n) is 3.89. The van der Waals surface area contributed by atoms with Gasteiger partial charge < -0.3 is 5.11 Å². The molecular formula is C21H24FNO2. The Balaban J connectivity index is 2.06. The van der Waals surface area contributed by atoms with Crippen LogP contribution in [0.5, 0.6) is 0 Å². The Morgan fingerprint density at radius 1 is 1.20 bits per heavy atom. The van der Waals surface area contributed by atoms with Crippen molar-refractivity contribution in [2.75, 3.05) is 13.1 Å². The highest BCUT2D eigenvalue weighted by molar-refractivity contribution is 5.70. The fraction of sp³-hybridized carbons (Fsp3) is 0.381. The van der Waals surface area contributed by atoms with Gasteiger partial charge in [-0.2, -0.15) is 0 Å². The van der Waals surface area contributed by atoms with E-state index in [0.29, 0.717) is 18.5 Å². The molecule has 0 bridgehead atoms. The van der Waals surface area contributed by atoms with Gasteiger partial charge in [0.1, 0.15) is 5.82 Å². The highest BCUT2D eigenvalue weighted by Gasteiger charge is 2.32. The van der Waals surface area contributed by atoms with E-state index < -0.39 is 11.9 Å². The molecule has 1 aliphatic heterocycles. The number of rotatable bonds is 4. The molecule has 132 valence electrons. The molecule has 3 rings (SSSR count). The molecule has 2 aromatic rings.